The minimum atomic E-state index is -2.76. The van der Waals surface area contributed by atoms with Gasteiger partial charge in [-0.05, 0) is 80.6 Å². The lowest BCUT2D eigenvalue weighted by Gasteiger charge is -2.63. The van der Waals surface area contributed by atoms with Crippen molar-refractivity contribution in [1.82, 2.24) is 0 Å². The monoisotopic (exact) mass is 588 g/mol. The maximum Gasteiger partial charge on any atom is 0.147 e. The number of benzene rings is 6. The highest BCUT2D eigenvalue weighted by molar-refractivity contribution is 7.08. The summed E-state index contributed by atoms with van der Waals surface area (Å²) in [6, 6.07) is 57.3. The fourth-order valence-electron chi connectivity index (χ4n) is 11.6. The normalized spacial score (nSPS) is 26.3. The molecule has 0 amide bonds. The van der Waals surface area contributed by atoms with Crippen LogP contribution in [0.5, 0.6) is 0 Å². The molecule has 45 heavy (non-hydrogen) atoms. The van der Waals surface area contributed by atoms with Crippen molar-refractivity contribution in [2.24, 2.45) is 0 Å². The zero-order valence-corrected chi connectivity index (χ0v) is 26.5. The van der Waals surface area contributed by atoms with Crippen LogP contribution >= 0.6 is 0 Å². The Hall–Kier alpha value is -4.72. The van der Waals surface area contributed by atoms with Crippen LogP contribution in [0.25, 0.3) is 0 Å². The Balaban J connectivity index is 1.42. The Morgan fingerprint density at radius 3 is 0.733 bits per heavy atom. The fourth-order valence-corrected chi connectivity index (χ4v) is 19.7. The zero-order valence-electron chi connectivity index (χ0n) is 25.5. The molecule has 0 saturated carbocycles. The van der Waals surface area contributed by atoms with Crippen LogP contribution in [0.4, 0.5) is 0 Å². The highest BCUT2D eigenvalue weighted by atomic mass is 28.3. The standard InChI is InChI=1S/C44H32Si/c1-27-28(2)45(27,43-35-21-9-3-15-29(35)41(30-16-4-10-22-36(30)43)31-17-5-11-23-37(31)43)44-38-24-12-6-18-32(38)42(33-19-7-13-25-39(33)44)34-20-8-14-26-40(34)44/h3-26,41-42H,1-2H3. The van der Waals surface area contributed by atoms with Crippen molar-refractivity contribution in [2.45, 2.75) is 35.8 Å². The summed E-state index contributed by atoms with van der Waals surface area (Å²) >= 11 is 0. The van der Waals surface area contributed by atoms with Crippen molar-refractivity contribution >= 4 is 8.07 Å². The first-order valence-corrected chi connectivity index (χ1v) is 18.4. The van der Waals surface area contributed by atoms with E-state index in [0.717, 1.165) is 0 Å². The molecular formula is C44H32Si. The second kappa shape index (κ2) is 7.91. The molecular weight excluding hydrogens is 557 g/mol. The summed E-state index contributed by atoms with van der Waals surface area (Å²) in [5.41, 5.74) is 18.3. The lowest BCUT2D eigenvalue weighted by molar-refractivity contribution is 0.623. The maximum atomic E-state index is 2.52. The second-order valence-electron chi connectivity index (χ2n) is 13.9. The summed E-state index contributed by atoms with van der Waals surface area (Å²) < 4.78 is 0. The first-order chi connectivity index (χ1) is 22.2. The molecule has 0 spiro atoms. The number of hydrogen-bond donors (Lipinski definition) is 0. The van der Waals surface area contributed by atoms with E-state index in [2.05, 4.69) is 159 Å². The molecule has 6 aromatic rings. The van der Waals surface area contributed by atoms with Gasteiger partial charge in [0, 0.05) is 21.9 Å². The largest absolute Gasteiger partial charge is 0.147 e. The van der Waals surface area contributed by atoms with Crippen LogP contribution in [0.15, 0.2) is 156 Å². The van der Waals surface area contributed by atoms with Gasteiger partial charge in [-0.15, -0.1) is 0 Å². The number of allylic oxidation sites excluding steroid dienone is 2. The molecule has 1 aliphatic heterocycles. The van der Waals surface area contributed by atoms with Crippen LogP contribution in [0, 0.1) is 0 Å². The molecule has 0 fully saturated rings. The molecule has 13 rings (SSSR count). The van der Waals surface area contributed by atoms with E-state index >= 15 is 0 Å². The topological polar surface area (TPSA) is 0 Å². The van der Waals surface area contributed by atoms with Crippen LogP contribution in [0.2, 0.25) is 0 Å². The zero-order chi connectivity index (χ0) is 29.7. The highest BCUT2D eigenvalue weighted by Crippen LogP contribution is 2.77. The summed E-state index contributed by atoms with van der Waals surface area (Å²) in [4.78, 5) is 0. The van der Waals surface area contributed by atoms with Crippen molar-refractivity contribution in [3.8, 4) is 0 Å². The van der Waals surface area contributed by atoms with Gasteiger partial charge in [-0.1, -0.05) is 156 Å². The van der Waals surface area contributed by atoms with E-state index in [0.29, 0.717) is 0 Å². The van der Waals surface area contributed by atoms with Gasteiger partial charge in [0.1, 0.15) is 8.07 Å². The Morgan fingerprint density at radius 2 is 0.533 bits per heavy atom. The Labute approximate surface area is 265 Å². The van der Waals surface area contributed by atoms with E-state index in [1.54, 1.807) is 43.8 Å². The molecule has 0 unspecified atom stereocenters. The van der Waals surface area contributed by atoms with Gasteiger partial charge >= 0.3 is 0 Å². The average molecular weight is 589 g/mol. The van der Waals surface area contributed by atoms with E-state index in [1.807, 2.05) is 0 Å². The molecule has 7 aliphatic rings. The van der Waals surface area contributed by atoms with Gasteiger partial charge < -0.3 is 0 Å². The fraction of sp³-hybridized carbons (Fsp3) is 0.136. The summed E-state index contributed by atoms with van der Waals surface area (Å²) in [5.74, 6) is 0.541. The van der Waals surface area contributed by atoms with Gasteiger partial charge in [0.05, 0.1) is 0 Å². The SMILES string of the molecule is CC1=C(C)[Si]1(C12c3ccccc3C(c3ccccc31)c1ccccc12)C12c3ccccc3C(c3ccccc31)c1ccccc12. The summed E-state index contributed by atoms with van der Waals surface area (Å²) in [5, 5.41) is 2.80. The molecule has 0 radical (unpaired) electrons. The second-order valence-corrected chi connectivity index (χ2v) is 18.4. The average Bonchev–Trinajstić information content (AvgIpc) is 3.67. The van der Waals surface area contributed by atoms with E-state index in [-0.39, 0.29) is 21.9 Å². The molecule has 0 saturated heterocycles. The minimum absolute atomic E-state index is 0.267. The van der Waals surface area contributed by atoms with E-state index in [1.165, 1.54) is 33.4 Å². The van der Waals surface area contributed by atoms with Gasteiger partial charge in [0.25, 0.3) is 0 Å². The Morgan fingerprint density at radius 1 is 0.333 bits per heavy atom. The molecule has 0 nitrogen and oxygen atoms in total. The first kappa shape index (κ1) is 24.6. The Bertz CT molecular complexity index is 1940. The minimum Gasteiger partial charge on any atom is -0.0809 e. The maximum absolute atomic E-state index is 2.76. The van der Waals surface area contributed by atoms with Gasteiger partial charge in [0.15, 0.2) is 0 Å². The van der Waals surface area contributed by atoms with E-state index in [4.69, 9.17) is 0 Å². The number of hydrogen-bond acceptors (Lipinski definition) is 0. The third kappa shape index (κ3) is 2.32. The summed E-state index contributed by atoms with van der Waals surface area (Å²) in [6.07, 6.45) is 0. The van der Waals surface area contributed by atoms with Gasteiger partial charge in [-0.25, -0.2) is 0 Å². The predicted octanol–water partition coefficient (Wildman–Crippen LogP) is 9.63. The van der Waals surface area contributed by atoms with Crippen LogP contribution in [-0.2, 0) is 10.1 Å². The molecule has 0 N–H and O–H groups in total. The molecule has 212 valence electrons. The third-order valence-electron chi connectivity index (χ3n) is 12.8. The quantitative estimate of drug-likeness (QED) is 0.177. The molecule has 6 aromatic carbocycles. The van der Waals surface area contributed by atoms with Gasteiger partial charge in [-0.3, -0.25) is 0 Å². The van der Waals surface area contributed by atoms with E-state index in [9.17, 15) is 0 Å². The third-order valence-corrected chi connectivity index (χ3v) is 19.4. The first-order valence-electron chi connectivity index (χ1n) is 16.4. The van der Waals surface area contributed by atoms with Gasteiger partial charge in [-0.2, -0.15) is 0 Å². The van der Waals surface area contributed by atoms with Crippen molar-refractivity contribution in [3.05, 3.63) is 223 Å². The lowest BCUT2D eigenvalue weighted by Crippen LogP contribution is -2.69. The van der Waals surface area contributed by atoms with Crippen molar-refractivity contribution in [1.29, 1.82) is 0 Å². The van der Waals surface area contributed by atoms with Crippen molar-refractivity contribution in [2.75, 3.05) is 0 Å². The molecule has 1 heterocycles. The van der Waals surface area contributed by atoms with Crippen LogP contribution < -0.4 is 0 Å². The Kier molecular flexibility index (Phi) is 4.32. The molecule has 6 aliphatic carbocycles. The van der Waals surface area contributed by atoms with Crippen molar-refractivity contribution in [3.63, 3.8) is 0 Å². The highest BCUT2D eigenvalue weighted by Gasteiger charge is 2.80. The molecule has 4 bridgehead atoms. The van der Waals surface area contributed by atoms with Gasteiger partial charge in [0.2, 0.25) is 0 Å². The smallest absolute Gasteiger partial charge is 0.0809 e. The lowest BCUT2D eigenvalue weighted by atomic mass is 9.59. The molecule has 0 atom stereocenters. The van der Waals surface area contributed by atoms with Crippen LogP contribution in [-0.4, -0.2) is 8.07 Å². The summed E-state index contributed by atoms with van der Waals surface area (Å²) in [7, 11) is -2.76. The molecule has 0 aromatic heterocycles. The summed E-state index contributed by atoms with van der Waals surface area (Å²) in [6.45, 7) is 5.04. The van der Waals surface area contributed by atoms with E-state index < -0.39 is 8.07 Å². The van der Waals surface area contributed by atoms with Crippen LogP contribution in [0.1, 0.15) is 92.4 Å². The number of rotatable bonds is 2. The molecule has 1 heteroatoms. The van der Waals surface area contributed by atoms with Crippen molar-refractivity contribution < 1.29 is 0 Å². The van der Waals surface area contributed by atoms with Crippen LogP contribution in [0.3, 0.4) is 0 Å². The predicted molar refractivity (Wildman–Crippen MR) is 184 cm³/mol.